The van der Waals surface area contributed by atoms with Crippen molar-refractivity contribution in [2.45, 2.75) is 32.2 Å². The van der Waals surface area contributed by atoms with Crippen molar-refractivity contribution in [3.8, 4) is 0 Å². The average Bonchev–Trinajstić information content (AvgIpc) is 2.49. The second-order valence-corrected chi connectivity index (χ2v) is 4.70. The number of hydrogen-bond acceptors (Lipinski definition) is 1. The third-order valence-electron chi connectivity index (χ3n) is 3.17. The largest absolute Gasteiger partial charge is 0.285 e. The number of hydrogen-bond donors (Lipinski definition) is 0. The Hall–Kier alpha value is -1.89. The normalized spacial score (nSPS) is 11.3. The summed E-state index contributed by atoms with van der Waals surface area (Å²) in [6, 6.07) is 21.1. The number of rotatable bonds is 6. The van der Waals surface area contributed by atoms with Gasteiger partial charge >= 0.3 is 0 Å². The van der Waals surface area contributed by atoms with Crippen LogP contribution < -0.4 is 0 Å². The van der Waals surface area contributed by atoms with E-state index in [1.807, 2.05) is 12.1 Å². The van der Waals surface area contributed by atoms with Gasteiger partial charge in [-0.25, -0.2) is 0 Å². The van der Waals surface area contributed by atoms with E-state index in [1.54, 1.807) is 0 Å². The van der Waals surface area contributed by atoms with E-state index >= 15 is 0 Å². The van der Waals surface area contributed by atoms with Crippen LogP contribution in [0.25, 0.3) is 0 Å². The number of aliphatic imine (C=N–C) groups is 1. The molecular weight excluding hydrogens is 230 g/mol. The van der Waals surface area contributed by atoms with Gasteiger partial charge in [0.2, 0.25) is 0 Å². The molecule has 98 valence electrons. The minimum Gasteiger partial charge on any atom is -0.285 e. The smallest absolute Gasteiger partial charge is 0.0995 e. The van der Waals surface area contributed by atoms with Gasteiger partial charge in [0.05, 0.1) is 6.04 Å². The van der Waals surface area contributed by atoms with E-state index in [0.717, 1.165) is 6.42 Å². The molecule has 0 amide bonds. The molecule has 0 radical (unpaired) electrons. The van der Waals surface area contributed by atoms with Crippen LogP contribution in [0.1, 0.15) is 43.4 Å². The molecule has 2 rings (SSSR count). The van der Waals surface area contributed by atoms with E-state index in [-0.39, 0.29) is 6.04 Å². The Morgan fingerprint density at radius 3 is 1.89 bits per heavy atom. The van der Waals surface area contributed by atoms with Gasteiger partial charge in [0, 0.05) is 0 Å². The zero-order valence-electron chi connectivity index (χ0n) is 11.5. The number of unbranched alkanes of at least 4 members (excludes halogenated alkanes) is 2. The van der Waals surface area contributed by atoms with E-state index in [0.29, 0.717) is 0 Å². The Morgan fingerprint density at radius 1 is 0.895 bits per heavy atom. The molecule has 0 aliphatic heterocycles. The summed E-state index contributed by atoms with van der Waals surface area (Å²) in [7, 11) is 0. The quantitative estimate of drug-likeness (QED) is 0.504. The highest BCUT2D eigenvalue weighted by atomic mass is 14.8. The zero-order valence-corrected chi connectivity index (χ0v) is 11.5. The van der Waals surface area contributed by atoms with Gasteiger partial charge < -0.3 is 0 Å². The van der Waals surface area contributed by atoms with Crippen LogP contribution in [0.5, 0.6) is 0 Å². The summed E-state index contributed by atoms with van der Waals surface area (Å²) in [5.41, 5.74) is 2.50. The minimum atomic E-state index is 0.124. The predicted octanol–water partition coefficient (Wildman–Crippen LogP) is 5.04. The molecule has 1 heteroatoms. The summed E-state index contributed by atoms with van der Waals surface area (Å²) >= 11 is 0. The lowest BCUT2D eigenvalue weighted by Crippen LogP contribution is -1.98. The van der Waals surface area contributed by atoms with Crippen molar-refractivity contribution in [1.29, 1.82) is 0 Å². The molecular formula is C18H21N. The first kappa shape index (κ1) is 13.5. The van der Waals surface area contributed by atoms with Crippen molar-refractivity contribution < 1.29 is 0 Å². The molecule has 0 N–H and O–H groups in total. The highest BCUT2D eigenvalue weighted by Crippen LogP contribution is 2.25. The molecule has 2 aromatic rings. The van der Waals surface area contributed by atoms with Gasteiger partial charge in [-0.05, 0) is 30.2 Å². The van der Waals surface area contributed by atoms with Crippen LogP contribution in [0.3, 0.4) is 0 Å². The van der Waals surface area contributed by atoms with E-state index < -0.39 is 0 Å². The van der Waals surface area contributed by atoms with Gasteiger partial charge in [0.25, 0.3) is 0 Å². The van der Waals surface area contributed by atoms with E-state index in [9.17, 15) is 0 Å². The summed E-state index contributed by atoms with van der Waals surface area (Å²) in [4.78, 5) is 4.78. The maximum atomic E-state index is 4.78. The van der Waals surface area contributed by atoms with Gasteiger partial charge in [-0.15, -0.1) is 0 Å². The van der Waals surface area contributed by atoms with Crippen LogP contribution in [-0.2, 0) is 0 Å². The second kappa shape index (κ2) is 7.52. The summed E-state index contributed by atoms with van der Waals surface area (Å²) in [6.45, 7) is 2.21. The molecule has 0 spiro atoms. The topological polar surface area (TPSA) is 12.4 Å². The van der Waals surface area contributed by atoms with Crippen LogP contribution in [0, 0.1) is 0 Å². The highest BCUT2D eigenvalue weighted by molar-refractivity contribution is 5.58. The fraction of sp³-hybridized carbons (Fsp3) is 0.278. The van der Waals surface area contributed by atoms with Crippen molar-refractivity contribution in [2.75, 3.05) is 0 Å². The fourth-order valence-electron chi connectivity index (χ4n) is 2.11. The maximum Gasteiger partial charge on any atom is 0.0995 e. The Labute approximate surface area is 116 Å². The zero-order chi connectivity index (χ0) is 13.3. The SMILES string of the molecule is CCCCC=NC(c1ccccc1)c1ccccc1. The molecule has 0 unspecified atom stereocenters. The van der Waals surface area contributed by atoms with Crippen LogP contribution in [-0.4, -0.2) is 6.21 Å². The molecule has 0 atom stereocenters. The van der Waals surface area contributed by atoms with Crippen molar-refractivity contribution in [3.05, 3.63) is 71.8 Å². The second-order valence-electron chi connectivity index (χ2n) is 4.70. The predicted molar refractivity (Wildman–Crippen MR) is 82.7 cm³/mol. The van der Waals surface area contributed by atoms with E-state index in [4.69, 9.17) is 4.99 Å². The number of benzene rings is 2. The Balaban J connectivity index is 2.22. The molecule has 0 fully saturated rings. The van der Waals surface area contributed by atoms with Gasteiger partial charge in [-0.1, -0.05) is 74.0 Å². The van der Waals surface area contributed by atoms with E-state index in [2.05, 4.69) is 61.7 Å². The van der Waals surface area contributed by atoms with Crippen molar-refractivity contribution in [3.63, 3.8) is 0 Å². The molecule has 1 nitrogen and oxygen atoms in total. The lowest BCUT2D eigenvalue weighted by atomic mass is 9.99. The lowest BCUT2D eigenvalue weighted by Gasteiger charge is -2.13. The average molecular weight is 251 g/mol. The molecule has 0 aliphatic carbocycles. The monoisotopic (exact) mass is 251 g/mol. The fourth-order valence-corrected chi connectivity index (χ4v) is 2.11. The summed E-state index contributed by atoms with van der Waals surface area (Å²) in [5.74, 6) is 0. The van der Waals surface area contributed by atoms with Crippen LogP contribution in [0.15, 0.2) is 65.7 Å². The van der Waals surface area contributed by atoms with Crippen LogP contribution >= 0.6 is 0 Å². The summed E-state index contributed by atoms with van der Waals surface area (Å²) in [5, 5.41) is 0. The van der Waals surface area contributed by atoms with Crippen LogP contribution in [0.4, 0.5) is 0 Å². The van der Waals surface area contributed by atoms with Crippen molar-refractivity contribution in [1.82, 2.24) is 0 Å². The van der Waals surface area contributed by atoms with Gasteiger partial charge in [-0.3, -0.25) is 4.99 Å². The maximum absolute atomic E-state index is 4.78. The first-order valence-corrected chi connectivity index (χ1v) is 7.03. The molecule has 0 aliphatic rings. The first-order valence-electron chi connectivity index (χ1n) is 7.03. The lowest BCUT2D eigenvalue weighted by molar-refractivity contribution is 0.824. The third kappa shape index (κ3) is 4.06. The number of nitrogens with zero attached hydrogens (tertiary/aromatic N) is 1. The first-order chi connectivity index (χ1) is 9.42. The molecule has 0 aromatic heterocycles. The minimum absolute atomic E-state index is 0.124. The van der Waals surface area contributed by atoms with Crippen molar-refractivity contribution in [2.24, 2.45) is 4.99 Å². The Kier molecular flexibility index (Phi) is 5.36. The molecule has 0 heterocycles. The van der Waals surface area contributed by atoms with E-state index in [1.165, 1.54) is 24.0 Å². The third-order valence-corrected chi connectivity index (χ3v) is 3.17. The van der Waals surface area contributed by atoms with Crippen molar-refractivity contribution >= 4 is 6.21 Å². The van der Waals surface area contributed by atoms with Gasteiger partial charge in [0.1, 0.15) is 0 Å². The Bertz CT molecular complexity index is 448. The summed E-state index contributed by atoms with van der Waals surface area (Å²) in [6.07, 6.45) is 5.56. The van der Waals surface area contributed by atoms with Crippen LogP contribution in [0.2, 0.25) is 0 Å². The molecule has 0 saturated heterocycles. The highest BCUT2D eigenvalue weighted by Gasteiger charge is 2.10. The van der Waals surface area contributed by atoms with Gasteiger partial charge in [0.15, 0.2) is 0 Å². The van der Waals surface area contributed by atoms with Gasteiger partial charge in [-0.2, -0.15) is 0 Å². The molecule has 19 heavy (non-hydrogen) atoms. The summed E-state index contributed by atoms with van der Waals surface area (Å²) < 4.78 is 0. The Morgan fingerprint density at radius 2 is 1.42 bits per heavy atom. The molecule has 0 saturated carbocycles. The standard InChI is InChI=1S/C18H21N/c1-2-3-10-15-19-18(16-11-6-4-7-12-16)17-13-8-5-9-14-17/h4-9,11-15,18H,2-3,10H2,1H3. The molecule has 0 bridgehead atoms. The molecule has 2 aromatic carbocycles.